The van der Waals surface area contributed by atoms with Crippen LogP contribution >= 0.6 is 0 Å². The lowest BCUT2D eigenvalue weighted by molar-refractivity contribution is 0.0944. The van der Waals surface area contributed by atoms with Crippen LogP contribution in [-0.2, 0) is 11.3 Å². The number of nitrogens with one attached hydrogen (secondary N) is 1. The second-order valence-electron chi connectivity index (χ2n) is 9.11. The Morgan fingerprint density at radius 1 is 1.24 bits per heavy atom. The molecule has 0 unspecified atom stereocenters. The Morgan fingerprint density at radius 2 is 2.05 bits per heavy atom. The van der Waals surface area contributed by atoms with E-state index in [2.05, 4.69) is 11.4 Å². The quantitative estimate of drug-likeness (QED) is 0.385. The fraction of sp³-hybridized carbons (Fsp3) is 0.393. The number of carbonyl (C=O) groups is 2. The van der Waals surface area contributed by atoms with Gasteiger partial charge in [0.25, 0.3) is 5.91 Å². The van der Waals surface area contributed by atoms with Gasteiger partial charge in [-0.2, -0.15) is 5.10 Å². The standard InChI is InChI=1S/C28H34N4O5/c1-6-9-20(7-2)32-26-21-15-19(14-18(3)4)23(35-5)16-24(21)37-17-22(26)25(30-32)27(33)29-10-8-11-31-12-13-36-28(31)34/h6-7,9,14-16H,8,10-13,17H2,1-5H3,(H,29,33)/b9-6-,20-7+. The minimum Gasteiger partial charge on any atom is -0.496 e. The van der Waals surface area contributed by atoms with Gasteiger partial charge in [-0.15, -0.1) is 0 Å². The molecule has 1 fully saturated rings. The molecule has 0 atom stereocenters. The van der Waals surface area contributed by atoms with E-state index >= 15 is 0 Å². The number of methoxy groups -OCH3 is 1. The van der Waals surface area contributed by atoms with Gasteiger partial charge >= 0.3 is 6.09 Å². The molecule has 0 radical (unpaired) electrons. The van der Waals surface area contributed by atoms with Crippen LogP contribution in [0.4, 0.5) is 4.79 Å². The number of allylic oxidation sites excluding steroid dienone is 5. The van der Waals surface area contributed by atoms with Gasteiger partial charge in [0, 0.05) is 35.8 Å². The van der Waals surface area contributed by atoms with Gasteiger partial charge in [-0.1, -0.05) is 23.8 Å². The molecule has 2 aliphatic heterocycles. The Hall–Kier alpha value is -4.01. The van der Waals surface area contributed by atoms with Gasteiger partial charge in [-0.25, -0.2) is 9.48 Å². The van der Waals surface area contributed by atoms with Crippen molar-refractivity contribution < 1.29 is 23.8 Å². The first-order valence-electron chi connectivity index (χ1n) is 12.5. The van der Waals surface area contributed by atoms with E-state index in [0.29, 0.717) is 49.9 Å². The van der Waals surface area contributed by atoms with Crippen LogP contribution in [0.3, 0.4) is 0 Å². The zero-order valence-corrected chi connectivity index (χ0v) is 22.1. The first-order chi connectivity index (χ1) is 17.9. The SMILES string of the molecule is C/C=C\C(=C/C)n1nc(C(=O)NCCCN2CCOC2=O)c2c1-c1cc(C=C(C)C)c(OC)cc1OC2. The number of carbonyl (C=O) groups excluding carboxylic acids is 2. The number of amides is 2. The molecule has 0 spiro atoms. The van der Waals surface area contributed by atoms with Crippen molar-refractivity contribution in [1.82, 2.24) is 20.0 Å². The summed E-state index contributed by atoms with van der Waals surface area (Å²) in [5, 5.41) is 7.71. The van der Waals surface area contributed by atoms with Crippen LogP contribution in [0.1, 0.15) is 55.7 Å². The van der Waals surface area contributed by atoms with E-state index in [-0.39, 0.29) is 18.6 Å². The van der Waals surface area contributed by atoms with Crippen LogP contribution in [0.25, 0.3) is 23.0 Å². The predicted octanol–water partition coefficient (Wildman–Crippen LogP) is 4.88. The van der Waals surface area contributed by atoms with Crippen LogP contribution in [0.2, 0.25) is 0 Å². The summed E-state index contributed by atoms with van der Waals surface area (Å²) >= 11 is 0. The van der Waals surface area contributed by atoms with Crippen LogP contribution in [-0.4, -0.2) is 60.0 Å². The fourth-order valence-corrected chi connectivity index (χ4v) is 4.51. The first kappa shape index (κ1) is 26.1. The highest BCUT2D eigenvalue weighted by molar-refractivity contribution is 5.97. The molecule has 1 N–H and O–H groups in total. The smallest absolute Gasteiger partial charge is 0.409 e. The minimum absolute atomic E-state index is 0.211. The van der Waals surface area contributed by atoms with Crippen molar-refractivity contribution in [2.45, 2.75) is 40.7 Å². The molecule has 9 heteroatoms. The zero-order valence-electron chi connectivity index (χ0n) is 22.1. The first-order valence-corrected chi connectivity index (χ1v) is 12.5. The molecule has 37 heavy (non-hydrogen) atoms. The molecule has 196 valence electrons. The molecule has 2 amide bonds. The Kier molecular flexibility index (Phi) is 8.01. The number of aromatic nitrogens is 2. The van der Waals surface area contributed by atoms with Crippen molar-refractivity contribution in [2.75, 3.05) is 33.4 Å². The van der Waals surface area contributed by atoms with Gasteiger partial charge in [0.05, 0.1) is 25.0 Å². The topological polar surface area (TPSA) is 94.9 Å². The molecule has 9 nitrogen and oxygen atoms in total. The number of hydrogen-bond acceptors (Lipinski definition) is 6. The molecule has 1 aromatic heterocycles. The highest BCUT2D eigenvalue weighted by Crippen LogP contribution is 2.44. The van der Waals surface area contributed by atoms with Crippen molar-refractivity contribution in [2.24, 2.45) is 0 Å². The van der Waals surface area contributed by atoms with Gasteiger partial charge in [-0.05, 0) is 46.3 Å². The number of benzene rings is 1. The third kappa shape index (κ3) is 5.40. The highest BCUT2D eigenvalue weighted by Gasteiger charge is 2.31. The summed E-state index contributed by atoms with van der Waals surface area (Å²) in [5.41, 5.74) is 5.62. The summed E-state index contributed by atoms with van der Waals surface area (Å²) in [7, 11) is 1.64. The van der Waals surface area contributed by atoms with Crippen LogP contribution in [0.15, 0.2) is 35.9 Å². The molecule has 2 aliphatic rings. The average Bonchev–Trinajstić information content (AvgIpc) is 3.47. The lowest BCUT2D eigenvalue weighted by Gasteiger charge is -2.22. The normalized spacial score (nSPS) is 14.7. The maximum atomic E-state index is 13.3. The molecular weight excluding hydrogens is 472 g/mol. The zero-order chi connectivity index (χ0) is 26.5. The Labute approximate surface area is 217 Å². The van der Waals surface area contributed by atoms with Gasteiger partial charge in [-0.3, -0.25) is 4.79 Å². The Balaban J connectivity index is 1.70. The van der Waals surface area contributed by atoms with Gasteiger partial charge in [0.2, 0.25) is 0 Å². The van der Waals surface area contributed by atoms with Crippen molar-refractivity contribution >= 4 is 23.8 Å². The van der Waals surface area contributed by atoms with E-state index in [9.17, 15) is 9.59 Å². The average molecular weight is 507 g/mol. The van der Waals surface area contributed by atoms with E-state index in [1.807, 2.05) is 62.7 Å². The maximum absolute atomic E-state index is 13.3. The molecule has 0 bridgehead atoms. The number of ether oxygens (including phenoxy) is 3. The van der Waals surface area contributed by atoms with Gasteiger partial charge < -0.3 is 24.4 Å². The van der Waals surface area contributed by atoms with E-state index < -0.39 is 0 Å². The van der Waals surface area contributed by atoms with Crippen LogP contribution in [0.5, 0.6) is 11.5 Å². The second kappa shape index (κ2) is 11.4. The molecular formula is C28H34N4O5. The number of cyclic esters (lactones) is 1. The Morgan fingerprint density at radius 3 is 2.70 bits per heavy atom. The third-order valence-electron chi connectivity index (χ3n) is 6.21. The van der Waals surface area contributed by atoms with Gasteiger partial charge in [0.1, 0.15) is 24.7 Å². The molecule has 4 rings (SSSR count). The number of hydrogen-bond donors (Lipinski definition) is 1. The van der Waals surface area contributed by atoms with Crippen molar-refractivity contribution in [1.29, 1.82) is 0 Å². The lowest BCUT2D eigenvalue weighted by atomic mass is 9.98. The summed E-state index contributed by atoms with van der Waals surface area (Å²) in [6, 6.07) is 3.91. The Bertz CT molecular complexity index is 1280. The molecule has 1 saturated heterocycles. The fourth-order valence-electron chi connectivity index (χ4n) is 4.51. The van der Waals surface area contributed by atoms with Crippen LogP contribution in [0, 0.1) is 0 Å². The highest BCUT2D eigenvalue weighted by atomic mass is 16.6. The molecule has 1 aromatic carbocycles. The van der Waals surface area contributed by atoms with Crippen LogP contribution < -0.4 is 14.8 Å². The minimum atomic E-state index is -0.304. The number of fused-ring (bicyclic) bond motifs is 3. The number of rotatable bonds is 9. The molecule has 0 saturated carbocycles. The maximum Gasteiger partial charge on any atom is 0.409 e. The summed E-state index contributed by atoms with van der Waals surface area (Å²) < 4.78 is 18.5. The second-order valence-corrected chi connectivity index (χ2v) is 9.11. The molecule has 2 aromatic rings. The third-order valence-corrected chi connectivity index (χ3v) is 6.21. The summed E-state index contributed by atoms with van der Waals surface area (Å²) in [6.07, 6.45) is 8.23. The monoisotopic (exact) mass is 506 g/mol. The van der Waals surface area contributed by atoms with Crippen molar-refractivity contribution in [3.63, 3.8) is 0 Å². The predicted molar refractivity (Wildman–Crippen MR) is 143 cm³/mol. The summed E-state index contributed by atoms with van der Waals surface area (Å²) in [5.74, 6) is 1.12. The summed E-state index contributed by atoms with van der Waals surface area (Å²) in [4.78, 5) is 26.5. The van der Waals surface area contributed by atoms with E-state index in [1.165, 1.54) is 0 Å². The lowest BCUT2D eigenvalue weighted by Crippen LogP contribution is -2.31. The molecule has 3 heterocycles. The van der Waals surface area contributed by atoms with E-state index in [1.54, 1.807) is 12.0 Å². The van der Waals surface area contributed by atoms with E-state index in [4.69, 9.17) is 19.3 Å². The van der Waals surface area contributed by atoms with Gasteiger partial charge in [0.15, 0.2) is 5.69 Å². The van der Waals surface area contributed by atoms with Crippen molar-refractivity contribution in [3.05, 3.63) is 52.8 Å². The number of nitrogens with zero attached hydrogens (tertiary/aromatic N) is 3. The largest absolute Gasteiger partial charge is 0.496 e. The van der Waals surface area contributed by atoms with E-state index in [0.717, 1.165) is 33.7 Å². The summed E-state index contributed by atoms with van der Waals surface area (Å²) in [6.45, 7) is 10.1. The van der Waals surface area contributed by atoms with Crippen molar-refractivity contribution in [3.8, 4) is 22.8 Å². The molecule has 0 aliphatic carbocycles.